The number of rotatable bonds is 8. The lowest BCUT2D eigenvalue weighted by Crippen LogP contribution is -2.24. The quantitative estimate of drug-likeness (QED) is 0.179. The summed E-state index contributed by atoms with van der Waals surface area (Å²) in [5, 5.41) is 2.66. The third-order valence-electron chi connectivity index (χ3n) is 7.03. The zero-order valence-electron chi connectivity index (χ0n) is 22.5. The average molecular weight is 535 g/mol. The van der Waals surface area contributed by atoms with Gasteiger partial charge in [0.15, 0.2) is 0 Å². The minimum atomic E-state index is -0.722. The van der Waals surface area contributed by atoms with Crippen molar-refractivity contribution >= 4 is 52.7 Å². The molecule has 0 aliphatic carbocycles. The van der Waals surface area contributed by atoms with Crippen LogP contribution in [-0.4, -0.2) is 6.66 Å². The highest BCUT2D eigenvalue weighted by molar-refractivity contribution is 7.73. The predicted molar refractivity (Wildman–Crippen MR) is 174 cm³/mol. The average Bonchev–Trinajstić information content (AvgIpc) is 3.04. The van der Waals surface area contributed by atoms with Gasteiger partial charge in [0.2, 0.25) is 0 Å². The fraction of sp³-hybridized carbons (Fsp3) is 0.0270. The second-order valence-corrected chi connectivity index (χ2v) is 11.6. The molecule has 0 saturated carbocycles. The monoisotopic (exact) mass is 534 g/mol. The highest BCUT2D eigenvalue weighted by atomic mass is 31.1. The van der Waals surface area contributed by atoms with Gasteiger partial charge in [0.25, 0.3) is 0 Å². The van der Waals surface area contributed by atoms with E-state index >= 15 is 0 Å². The van der Waals surface area contributed by atoms with Crippen molar-refractivity contribution in [1.29, 1.82) is 0 Å². The van der Waals surface area contributed by atoms with Crippen LogP contribution in [0.5, 0.6) is 0 Å². The molecule has 0 saturated heterocycles. The normalized spacial score (nSPS) is 10.8. The minimum absolute atomic E-state index is 0.722. The smallest absolute Gasteiger partial charge is 0.0541 e. The van der Waals surface area contributed by atoms with Crippen LogP contribution in [0.25, 0.3) is 0 Å². The summed E-state index contributed by atoms with van der Waals surface area (Å²) >= 11 is 0. The fourth-order valence-corrected chi connectivity index (χ4v) is 7.08. The van der Waals surface area contributed by atoms with E-state index in [4.69, 9.17) is 0 Å². The SMILES string of the molecule is CP(c1ccccc1N(c1ccccc1)c1ccccc1)c1ccccc1N(c1ccccc1)c1ccccc1. The van der Waals surface area contributed by atoms with Gasteiger partial charge in [-0.25, -0.2) is 0 Å². The zero-order chi connectivity index (χ0) is 27.1. The van der Waals surface area contributed by atoms with Gasteiger partial charge < -0.3 is 9.80 Å². The molecule has 0 heterocycles. The Labute approximate surface area is 238 Å². The number of hydrogen-bond donors (Lipinski definition) is 0. The van der Waals surface area contributed by atoms with Crippen LogP contribution in [0.15, 0.2) is 170 Å². The maximum absolute atomic E-state index is 2.38. The predicted octanol–water partition coefficient (Wildman–Crippen LogP) is 9.69. The summed E-state index contributed by atoms with van der Waals surface area (Å²) in [6, 6.07) is 60.3. The largest absolute Gasteiger partial charge is 0.310 e. The van der Waals surface area contributed by atoms with Gasteiger partial charge in [-0.05, 0) is 75.3 Å². The first-order valence-electron chi connectivity index (χ1n) is 13.5. The van der Waals surface area contributed by atoms with Gasteiger partial charge in [0.05, 0.1) is 11.4 Å². The van der Waals surface area contributed by atoms with Crippen molar-refractivity contribution in [3.63, 3.8) is 0 Å². The van der Waals surface area contributed by atoms with E-state index in [9.17, 15) is 0 Å². The summed E-state index contributed by atoms with van der Waals surface area (Å²) in [6.45, 7) is 2.38. The molecule has 0 unspecified atom stereocenters. The zero-order valence-corrected chi connectivity index (χ0v) is 23.4. The number of para-hydroxylation sites is 6. The Morgan fingerprint density at radius 2 is 0.575 bits per heavy atom. The van der Waals surface area contributed by atoms with Gasteiger partial charge >= 0.3 is 0 Å². The molecule has 2 nitrogen and oxygen atoms in total. The summed E-state index contributed by atoms with van der Waals surface area (Å²) in [5.41, 5.74) is 6.99. The van der Waals surface area contributed by atoms with Crippen LogP contribution in [-0.2, 0) is 0 Å². The molecule has 6 rings (SSSR count). The highest BCUT2D eigenvalue weighted by Crippen LogP contribution is 2.43. The Morgan fingerprint density at radius 1 is 0.325 bits per heavy atom. The Hall–Kier alpha value is -4.65. The van der Waals surface area contributed by atoms with Crippen LogP contribution >= 0.6 is 7.92 Å². The van der Waals surface area contributed by atoms with Crippen molar-refractivity contribution in [1.82, 2.24) is 0 Å². The molecular formula is C37H31N2P. The maximum atomic E-state index is 2.38. The molecule has 0 atom stereocenters. The van der Waals surface area contributed by atoms with Crippen molar-refractivity contribution in [3.05, 3.63) is 170 Å². The molecular weight excluding hydrogens is 503 g/mol. The van der Waals surface area contributed by atoms with Crippen molar-refractivity contribution in [3.8, 4) is 0 Å². The molecule has 6 aromatic rings. The van der Waals surface area contributed by atoms with Crippen LogP contribution in [0.4, 0.5) is 34.1 Å². The molecule has 0 amide bonds. The minimum Gasteiger partial charge on any atom is -0.310 e. The molecule has 194 valence electrons. The second-order valence-electron chi connectivity index (χ2n) is 9.55. The van der Waals surface area contributed by atoms with Gasteiger partial charge in [-0.2, -0.15) is 0 Å². The maximum Gasteiger partial charge on any atom is 0.0541 e. The lowest BCUT2D eigenvalue weighted by atomic mass is 10.2. The number of benzene rings is 6. The molecule has 0 N–H and O–H groups in total. The van der Waals surface area contributed by atoms with Crippen LogP contribution in [0.2, 0.25) is 0 Å². The number of hydrogen-bond acceptors (Lipinski definition) is 2. The molecule has 0 fully saturated rings. The molecule has 0 aromatic heterocycles. The summed E-state index contributed by atoms with van der Waals surface area (Å²) in [5.74, 6) is 0. The molecule has 40 heavy (non-hydrogen) atoms. The summed E-state index contributed by atoms with van der Waals surface area (Å²) in [4.78, 5) is 4.76. The Bertz CT molecular complexity index is 1450. The van der Waals surface area contributed by atoms with E-state index in [0.717, 1.165) is 22.7 Å². The first-order chi connectivity index (χ1) is 19.8. The third kappa shape index (κ3) is 5.27. The first kappa shape index (κ1) is 25.6. The topological polar surface area (TPSA) is 6.48 Å². The third-order valence-corrected chi connectivity index (χ3v) is 9.23. The molecule has 0 radical (unpaired) electrons. The first-order valence-corrected chi connectivity index (χ1v) is 15.3. The Balaban J connectivity index is 1.51. The van der Waals surface area contributed by atoms with E-state index < -0.39 is 7.92 Å². The van der Waals surface area contributed by atoms with Crippen molar-refractivity contribution < 1.29 is 0 Å². The van der Waals surface area contributed by atoms with Crippen molar-refractivity contribution in [2.24, 2.45) is 0 Å². The lowest BCUT2D eigenvalue weighted by Gasteiger charge is -2.32. The van der Waals surface area contributed by atoms with E-state index in [-0.39, 0.29) is 0 Å². The fourth-order valence-electron chi connectivity index (χ4n) is 5.17. The number of nitrogens with zero attached hydrogens (tertiary/aromatic N) is 2. The number of anilines is 6. The summed E-state index contributed by atoms with van der Waals surface area (Å²) in [7, 11) is -0.722. The molecule has 3 heteroatoms. The Kier molecular flexibility index (Phi) is 7.71. The van der Waals surface area contributed by atoms with Gasteiger partial charge in [0.1, 0.15) is 0 Å². The van der Waals surface area contributed by atoms with E-state index in [1.807, 2.05) is 0 Å². The summed E-state index contributed by atoms with van der Waals surface area (Å²) in [6.07, 6.45) is 0. The van der Waals surface area contributed by atoms with E-state index in [0.29, 0.717) is 0 Å². The Morgan fingerprint density at radius 3 is 0.875 bits per heavy atom. The second kappa shape index (κ2) is 12.0. The van der Waals surface area contributed by atoms with E-state index in [2.05, 4.69) is 186 Å². The van der Waals surface area contributed by atoms with Gasteiger partial charge in [-0.15, -0.1) is 0 Å². The van der Waals surface area contributed by atoms with Gasteiger partial charge in [-0.1, -0.05) is 109 Å². The molecule has 0 bridgehead atoms. The molecule has 0 spiro atoms. The molecule has 6 aromatic carbocycles. The van der Waals surface area contributed by atoms with Crippen LogP contribution in [0.3, 0.4) is 0 Å². The summed E-state index contributed by atoms with van der Waals surface area (Å²) < 4.78 is 0. The molecule has 0 aliphatic heterocycles. The van der Waals surface area contributed by atoms with Gasteiger partial charge in [0, 0.05) is 33.4 Å². The van der Waals surface area contributed by atoms with E-state index in [1.54, 1.807) is 0 Å². The molecule has 0 aliphatic rings. The van der Waals surface area contributed by atoms with Crippen LogP contribution in [0, 0.1) is 0 Å². The van der Waals surface area contributed by atoms with Crippen LogP contribution < -0.4 is 20.4 Å². The van der Waals surface area contributed by atoms with Gasteiger partial charge in [-0.3, -0.25) is 0 Å². The van der Waals surface area contributed by atoms with Crippen molar-refractivity contribution in [2.75, 3.05) is 16.5 Å². The highest BCUT2D eigenvalue weighted by Gasteiger charge is 2.23. The van der Waals surface area contributed by atoms with Crippen molar-refractivity contribution in [2.45, 2.75) is 0 Å². The standard InChI is InChI=1S/C37H31N2P/c1-40(36-28-16-14-26-34(36)38(30-18-6-2-7-19-30)31-20-8-3-9-21-31)37-29-17-15-27-35(37)39(32-22-10-4-11-23-32)33-24-12-5-13-25-33/h2-29H,1H3. The van der Waals surface area contributed by atoms with E-state index in [1.165, 1.54) is 22.0 Å². The lowest BCUT2D eigenvalue weighted by molar-refractivity contribution is 1.29. The van der Waals surface area contributed by atoms with Crippen LogP contribution in [0.1, 0.15) is 0 Å².